The summed E-state index contributed by atoms with van der Waals surface area (Å²) in [6.45, 7) is 3.55. The summed E-state index contributed by atoms with van der Waals surface area (Å²) in [6, 6.07) is 18.2. The van der Waals surface area contributed by atoms with Gasteiger partial charge in [0.15, 0.2) is 5.96 Å². The number of aliphatic imine (C=N–C) groups is 1. The SMILES string of the molecule is CN=C(NCc1cccc(CN2CCCC2=O)c1)N(C)CCOc1ccccc1. The summed E-state index contributed by atoms with van der Waals surface area (Å²) >= 11 is 0. The summed E-state index contributed by atoms with van der Waals surface area (Å²) in [5.74, 6) is 1.95. The van der Waals surface area contributed by atoms with Crippen molar-refractivity contribution < 1.29 is 9.53 Å². The van der Waals surface area contributed by atoms with Crippen molar-refractivity contribution in [2.75, 3.05) is 33.8 Å². The molecule has 2 aromatic rings. The number of nitrogens with zero attached hydrogens (tertiary/aromatic N) is 3. The predicted octanol–water partition coefficient (Wildman–Crippen LogP) is 2.90. The monoisotopic (exact) mass is 394 g/mol. The van der Waals surface area contributed by atoms with Crippen molar-refractivity contribution in [3.8, 4) is 5.75 Å². The van der Waals surface area contributed by atoms with Crippen LogP contribution in [0, 0.1) is 0 Å². The molecule has 6 nitrogen and oxygen atoms in total. The van der Waals surface area contributed by atoms with Gasteiger partial charge in [-0.1, -0.05) is 42.5 Å². The van der Waals surface area contributed by atoms with E-state index in [-0.39, 0.29) is 5.91 Å². The minimum atomic E-state index is 0.258. The molecule has 0 spiro atoms. The van der Waals surface area contributed by atoms with Gasteiger partial charge >= 0.3 is 0 Å². The first-order chi connectivity index (χ1) is 14.2. The molecule has 1 N–H and O–H groups in total. The second-order valence-electron chi connectivity index (χ2n) is 7.22. The highest BCUT2D eigenvalue weighted by Gasteiger charge is 2.19. The van der Waals surface area contributed by atoms with E-state index in [0.717, 1.165) is 31.2 Å². The quantitative estimate of drug-likeness (QED) is 0.553. The summed E-state index contributed by atoms with van der Waals surface area (Å²) in [5.41, 5.74) is 2.34. The summed E-state index contributed by atoms with van der Waals surface area (Å²) < 4.78 is 5.77. The average molecular weight is 395 g/mol. The Morgan fingerprint density at radius 1 is 1.17 bits per heavy atom. The third-order valence-corrected chi connectivity index (χ3v) is 5.00. The lowest BCUT2D eigenvalue weighted by atomic mass is 10.1. The first-order valence-corrected chi connectivity index (χ1v) is 10.1. The van der Waals surface area contributed by atoms with Crippen LogP contribution in [0.25, 0.3) is 0 Å². The lowest BCUT2D eigenvalue weighted by Gasteiger charge is -2.22. The summed E-state index contributed by atoms with van der Waals surface area (Å²) in [6.07, 6.45) is 1.65. The van der Waals surface area contributed by atoms with Gasteiger partial charge < -0.3 is 19.9 Å². The van der Waals surface area contributed by atoms with Gasteiger partial charge in [-0.25, -0.2) is 0 Å². The zero-order valence-electron chi connectivity index (χ0n) is 17.3. The van der Waals surface area contributed by atoms with Gasteiger partial charge in [-0.05, 0) is 29.7 Å². The van der Waals surface area contributed by atoms with Crippen LogP contribution < -0.4 is 10.1 Å². The van der Waals surface area contributed by atoms with Gasteiger partial charge in [-0.2, -0.15) is 0 Å². The number of hydrogen-bond acceptors (Lipinski definition) is 3. The minimum Gasteiger partial charge on any atom is -0.492 e. The van der Waals surface area contributed by atoms with Crippen molar-refractivity contribution in [2.45, 2.75) is 25.9 Å². The normalized spacial score (nSPS) is 14.2. The molecule has 0 bridgehead atoms. The molecule has 1 saturated heterocycles. The Bertz CT molecular complexity index is 823. The van der Waals surface area contributed by atoms with E-state index >= 15 is 0 Å². The number of ether oxygens (including phenoxy) is 1. The third kappa shape index (κ3) is 6.24. The minimum absolute atomic E-state index is 0.258. The molecule has 0 aliphatic carbocycles. The zero-order valence-corrected chi connectivity index (χ0v) is 17.3. The van der Waals surface area contributed by atoms with Crippen molar-refractivity contribution in [1.29, 1.82) is 0 Å². The molecule has 0 saturated carbocycles. The number of carbonyl (C=O) groups is 1. The van der Waals surface area contributed by atoms with Crippen molar-refractivity contribution in [1.82, 2.24) is 15.1 Å². The Balaban J connectivity index is 1.47. The first kappa shape index (κ1) is 20.7. The van der Waals surface area contributed by atoms with Crippen molar-refractivity contribution in [3.63, 3.8) is 0 Å². The Morgan fingerprint density at radius 2 is 1.97 bits per heavy atom. The fourth-order valence-corrected chi connectivity index (χ4v) is 3.42. The Kier molecular flexibility index (Phi) is 7.50. The Morgan fingerprint density at radius 3 is 2.69 bits per heavy atom. The van der Waals surface area contributed by atoms with Crippen LogP contribution in [-0.2, 0) is 17.9 Å². The van der Waals surface area contributed by atoms with E-state index in [4.69, 9.17) is 4.74 Å². The van der Waals surface area contributed by atoms with Crippen molar-refractivity contribution >= 4 is 11.9 Å². The molecule has 1 aliphatic rings. The highest BCUT2D eigenvalue weighted by atomic mass is 16.5. The number of para-hydroxylation sites is 1. The van der Waals surface area contributed by atoms with Crippen molar-refractivity contribution in [2.24, 2.45) is 4.99 Å². The molecule has 1 heterocycles. The van der Waals surface area contributed by atoms with Crippen LogP contribution in [-0.4, -0.2) is 55.5 Å². The molecule has 0 aromatic heterocycles. The van der Waals surface area contributed by atoms with E-state index in [1.54, 1.807) is 7.05 Å². The molecule has 1 fully saturated rings. The van der Waals surface area contributed by atoms with Gasteiger partial charge in [0.25, 0.3) is 0 Å². The number of benzene rings is 2. The third-order valence-electron chi connectivity index (χ3n) is 5.00. The lowest BCUT2D eigenvalue weighted by molar-refractivity contribution is -0.128. The molecular weight excluding hydrogens is 364 g/mol. The van der Waals surface area contributed by atoms with Crippen LogP contribution in [0.2, 0.25) is 0 Å². The standard InChI is InChI=1S/C23H30N4O2/c1-24-23(26(2)14-15-29-21-10-4-3-5-11-21)25-17-19-8-6-9-20(16-19)18-27-13-7-12-22(27)28/h3-6,8-11,16H,7,12-15,17-18H2,1-2H3,(H,24,25). The fourth-order valence-electron chi connectivity index (χ4n) is 3.42. The van der Waals surface area contributed by atoms with Gasteiger partial charge in [0, 0.05) is 40.2 Å². The van der Waals surface area contributed by atoms with E-state index in [9.17, 15) is 4.79 Å². The molecule has 0 atom stereocenters. The number of likely N-dealkylation sites (N-methyl/N-ethyl adjacent to an activating group) is 1. The summed E-state index contributed by atoms with van der Waals surface area (Å²) in [7, 11) is 3.78. The Hall–Kier alpha value is -3.02. The molecule has 6 heteroatoms. The molecule has 1 amide bonds. The van der Waals surface area contributed by atoms with Gasteiger partial charge in [-0.15, -0.1) is 0 Å². The molecule has 1 aliphatic heterocycles. The van der Waals surface area contributed by atoms with Gasteiger partial charge in [-0.3, -0.25) is 9.79 Å². The smallest absolute Gasteiger partial charge is 0.222 e. The first-order valence-electron chi connectivity index (χ1n) is 10.1. The molecule has 0 radical (unpaired) electrons. The summed E-state index contributed by atoms with van der Waals surface area (Å²) in [5, 5.41) is 3.40. The second-order valence-corrected chi connectivity index (χ2v) is 7.22. The van der Waals surface area contributed by atoms with E-state index < -0.39 is 0 Å². The maximum absolute atomic E-state index is 11.9. The van der Waals surface area contributed by atoms with Crippen LogP contribution in [0.15, 0.2) is 59.6 Å². The van der Waals surface area contributed by atoms with Crippen LogP contribution in [0.5, 0.6) is 5.75 Å². The van der Waals surface area contributed by atoms with Crippen LogP contribution >= 0.6 is 0 Å². The number of guanidine groups is 1. The number of amides is 1. The second kappa shape index (κ2) is 10.5. The lowest BCUT2D eigenvalue weighted by Crippen LogP contribution is -2.40. The number of carbonyl (C=O) groups excluding carboxylic acids is 1. The highest BCUT2D eigenvalue weighted by molar-refractivity contribution is 5.79. The number of hydrogen-bond donors (Lipinski definition) is 1. The van der Waals surface area contributed by atoms with Crippen LogP contribution in [0.1, 0.15) is 24.0 Å². The van der Waals surface area contributed by atoms with Crippen LogP contribution in [0.4, 0.5) is 0 Å². The fraction of sp³-hybridized carbons (Fsp3) is 0.391. The molecule has 3 rings (SSSR count). The molecule has 2 aromatic carbocycles. The van der Waals surface area contributed by atoms with Gasteiger partial charge in [0.05, 0.1) is 6.54 Å². The Labute approximate surface area is 173 Å². The largest absolute Gasteiger partial charge is 0.492 e. The zero-order chi connectivity index (χ0) is 20.5. The number of likely N-dealkylation sites (tertiary alicyclic amines) is 1. The molecular formula is C23H30N4O2. The van der Waals surface area contributed by atoms with E-state index in [1.807, 2.05) is 48.3 Å². The maximum atomic E-state index is 11.9. The van der Waals surface area contributed by atoms with Gasteiger partial charge in [0.1, 0.15) is 12.4 Å². The highest BCUT2D eigenvalue weighted by Crippen LogP contribution is 2.15. The van der Waals surface area contributed by atoms with E-state index in [2.05, 4.69) is 33.4 Å². The maximum Gasteiger partial charge on any atom is 0.222 e. The molecule has 0 unspecified atom stereocenters. The van der Waals surface area contributed by atoms with Gasteiger partial charge in [0.2, 0.25) is 5.91 Å². The number of rotatable bonds is 8. The predicted molar refractivity (Wildman–Crippen MR) is 116 cm³/mol. The molecule has 29 heavy (non-hydrogen) atoms. The summed E-state index contributed by atoms with van der Waals surface area (Å²) in [4.78, 5) is 20.2. The average Bonchev–Trinajstić information content (AvgIpc) is 3.14. The molecule has 154 valence electrons. The van der Waals surface area contributed by atoms with E-state index in [0.29, 0.717) is 26.1 Å². The topological polar surface area (TPSA) is 57.2 Å². The number of nitrogens with one attached hydrogen (secondary N) is 1. The van der Waals surface area contributed by atoms with Crippen LogP contribution in [0.3, 0.4) is 0 Å². The van der Waals surface area contributed by atoms with Crippen molar-refractivity contribution in [3.05, 3.63) is 65.7 Å². The van der Waals surface area contributed by atoms with E-state index in [1.165, 1.54) is 11.1 Å².